The standard InChI is InChI=1S/C25H41N.C7H17N3O.C2H4.CH4/c1-7-10-19-11-12-20-22-14-13-21(18(4)26-9-3)25(22,6)17-15-23(20)24(19,5)16-8-2;1-8-10-3-2-6-4-7(11)5-9-6;1-2;/h7,10,20-23H,1,8-9,11-17H2,2-6H3;6-11H,2-5H2,1H3;1-2H2;1H4/b19-10-,26-18?;;;. The lowest BCUT2D eigenvalue weighted by molar-refractivity contribution is -0.0408. The summed E-state index contributed by atoms with van der Waals surface area (Å²) in [5, 5.41) is 12.4. The van der Waals surface area contributed by atoms with E-state index in [-0.39, 0.29) is 13.5 Å². The quantitative estimate of drug-likeness (QED) is 0.102. The Morgan fingerprint density at radius 1 is 1.15 bits per heavy atom. The van der Waals surface area contributed by atoms with E-state index in [2.05, 4.69) is 76.6 Å². The lowest BCUT2D eigenvalue weighted by Gasteiger charge is -2.57. The molecule has 4 rings (SSSR count). The minimum absolute atomic E-state index is 0. The predicted molar refractivity (Wildman–Crippen MR) is 177 cm³/mol. The van der Waals surface area contributed by atoms with Gasteiger partial charge in [0.05, 0.1) is 6.10 Å². The third-order valence-electron chi connectivity index (χ3n) is 10.7. The molecular weight excluding hydrogens is 492 g/mol. The van der Waals surface area contributed by atoms with Crippen molar-refractivity contribution in [3.63, 3.8) is 0 Å². The molecule has 0 radical (unpaired) electrons. The van der Waals surface area contributed by atoms with Crippen LogP contribution >= 0.6 is 0 Å². The van der Waals surface area contributed by atoms with E-state index < -0.39 is 0 Å². The molecule has 1 heterocycles. The first-order chi connectivity index (χ1) is 18.7. The van der Waals surface area contributed by atoms with E-state index in [0.29, 0.717) is 16.9 Å². The summed E-state index contributed by atoms with van der Waals surface area (Å²) in [5.41, 5.74) is 9.91. The number of aliphatic hydroxyl groups is 1. The third-order valence-corrected chi connectivity index (χ3v) is 10.7. The molecule has 0 aromatic rings. The predicted octanol–water partition coefficient (Wildman–Crippen LogP) is 7.50. The molecule has 232 valence electrons. The molecule has 4 fully saturated rings. The van der Waals surface area contributed by atoms with E-state index in [1.165, 1.54) is 57.1 Å². The Balaban J connectivity index is 0.000000481. The van der Waals surface area contributed by atoms with Gasteiger partial charge in [-0.2, -0.15) is 0 Å². The summed E-state index contributed by atoms with van der Waals surface area (Å²) in [6, 6.07) is 0.492. The Hall–Kier alpha value is -1.27. The molecule has 0 amide bonds. The number of hydrazine groups is 1. The van der Waals surface area contributed by atoms with Crippen molar-refractivity contribution in [2.24, 2.45) is 39.5 Å². The Labute approximate surface area is 248 Å². The van der Waals surface area contributed by atoms with Crippen LogP contribution in [0.5, 0.6) is 0 Å². The lowest BCUT2D eigenvalue weighted by Crippen LogP contribution is -2.50. The number of nitrogens with one attached hydrogen (secondary N) is 3. The Kier molecular flexibility index (Phi) is 16.2. The van der Waals surface area contributed by atoms with E-state index in [1.807, 2.05) is 13.1 Å². The van der Waals surface area contributed by atoms with Gasteiger partial charge in [-0.1, -0.05) is 58.9 Å². The monoisotopic (exact) mass is 559 g/mol. The molecule has 8 unspecified atom stereocenters. The molecule has 0 bridgehead atoms. The number of β-amino-alcohol motifs (C(OH)–C–C–N with tert-alkyl or cyclic N) is 1. The first-order valence-corrected chi connectivity index (χ1v) is 15.9. The number of fused-ring (bicyclic) bond motifs is 3. The minimum Gasteiger partial charge on any atom is -0.392 e. The van der Waals surface area contributed by atoms with E-state index in [9.17, 15) is 0 Å². The lowest BCUT2D eigenvalue weighted by atomic mass is 9.47. The zero-order valence-corrected chi connectivity index (χ0v) is 26.3. The molecule has 40 heavy (non-hydrogen) atoms. The highest BCUT2D eigenvalue weighted by Gasteiger charge is 2.58. The molecule has 4 N–H and O–H groups in total. The van der Waals surface area contributed by atoms with Crippen molar-refractivity contribution in [1.29, 1.82) is 0 Å². The van der Waals surface area contributed by atoms with Gasteiger partial charge >= 0.3 is 0 Å². The average Bonchev–Trinajstić information content (AvgIpc) is 3.50. The normalized spacial score (nSPS) is 37.7. The number of aliphatic hydroxyl groups excluding tert-OH is 1. The number of hydrogen-bond acceptors (Lipinski definition) is 5. The first kappa shape index (κ1) is 36.8. The van der Waals surface area contributed by atoms with Crippen LogP contribution < -0.4 is 16.2 Å². The van der Waals surface area contributed by atoms with E-state index in [4.69, 9.17) is 10.1 Å². The van der Waals surface area contributed by atoms with Crippen molar-refractivity contribution in [1.82, 2.24) is 16.2 Å². The van der Waals surface area contributed by atoms with Gasteiger partial charge in [0.25, 0.3) is 0 Å². The van der Waals surface area contributed by atoms with Crippen LogP contribution in [0, 0.1) is 34.5 Å². The summed E-state index contributed by atoms with van der Waals surface area (Å²) in [4.78, 5) is 4.84. The third kappa shape index (κ3) is 8.40. The van der Waals surface area contributed by atoms with E-state index >= 15 is 0 Å². The van der Waals surface area contributed by atoms with Crippen LogP contribution in [0.3, 0.4) is 0 Å². The number of aliphatic imine (C=N–C) groups is 1. The molecule has 0 spiro atoms. The van der Waals surface area contributed by atoms with Crippen LogP contribution in [0.4, 0.5) is 0 Å². The zero-order chi connectivity index (χ0) is 29.1. The maximum absolute atomic E-state index is 9.16. The van der Waals surface area contributed by atoms with Crippen LogP contribution in [0.15, 0.2) is 42.5 Å². The summed E-state index contributed by atoms with van der Waals surface area (Å²) < 4.78 is 0. The van der Waals surface area contributed by atoms with Crippen molar-refractivity contribution in [2.45, 2.75) is 118 Å². The van der Waals surface area contributed by atoms with Gasteiger partial charge in [0.2, 0.25) is 0 Å². The number of rotatable bonds is 9. The van der Waals surface area contributed by atoms with Gasteiger partial charge in [-0.3, -0.25) is 15.8 Å². The largest absolute Gasteiger partial charge is 0.392 e. The van der Waals surface area contributed by atoms with Gasteiger partial charge in [-0.05, 0) is 107 Å². The summed E-state index contributed by atoms with van der Waals surface area (Å²) >= 11 is 0. The Morgan fingerprint density at radius 3 is 2.45 bits per heavy atom. The highest BCUT2D eigenvalue weighted by Crippen LogP contribution is 2.66. The highest BCUT2D eigenvalue weighted by atomic mass is 16.3. The Morgan fingerprint density at radius 2 is 1.88 bits per heavy atom. The molecule has 1 saturated heterocycles. The molecule has 3 aliphatic carbocycles. The van der Waals surface area contributed by atoms with Crippen LogP contribution in [0.25, 0.3) is 0 Å². The summed E-state index contributed by atoms with van der Waals surface area (Å²) in [6.07, 6.45) is 17.2. The second kappa shape index (κ2) is 17.6. The van der Waals surface area contributed by atoms with Crippen molar-refractivity contribution in [3.05, 3.63) is 37.5 Å². The number of hydrogen-bond donors (Lipinski definition) is 4. The van der Waals surface area contributed by atoms with E-state index in [0.717, 1.165) is 56.1 Å². The van der Waals surface area contributed by atoms with Crippen molar-refractivity contribution in [2.75, 3.05) is 26.7 Å². The van der Waals surface area contributed by atoms with Gasteiger partial charge in [0.15, 0.2) is 0 Å². The molecule has 5 nitrogen and oxygen atoms in total. The summed E-state index contributed by atoms with van der Waals surface area (Å²) in [7, 11) is 1.86. The molecule has 0 aromatic heterocycles. The smallest absolute Gasteiger partial charge is 0.0679 e. The van der Waals surface area contributed by atoms with Gasteiger partial charge < -0.3 is 10.4 Å². The Bertz CT molecular complexity index is 809. The average molecular weight is 559 g/mol. The fraction of sp³-hybridized carbons (Fsp3) is 0.800. The first-order valence-electron chi connectivity index (χ1n) is 15.9. The molecule has 3 saturated carbocycles. The van der Waals surface area contributed by atoms with Gasteiger partial charge in [-0.25, -0.2) is 0 Å². The topological polar surface area (TPSA) is 68.7 Å². The molecule has 8 atom stereocenters. The summed E-state index contributed by atoms with van der Waals surface area (Å²) in [6.45, 7) is 24.7. The van der Waals surface area contributed by atoms with Crippen molar-refractivity contribution >= 4 is 5.71 Å². The van der Waals surface area contributed by atoms with Crippen molar-refractivity contribution < 1.29 is 5.11 Å². The maximum Gasteiger partial charge on any atom is 0.0679 e. The van der Waals surface area contributed by atoms with Gasteiger partial charge in [0.1, 0.15) is 0 Å². The minimum atomic E-state index is -0.130. The number of nitrogens with zero attached hydrogens (tertiary/aromatic N) is 1. The number of allylic oxidation sites excluding steroid dienone is 3. The van der Waals surface area contributed by atoms with Crippen LogP contribution in [0.2, 0.25) is 0 Å². The van der Waals surface area contributed by atoms with Crippen LogP contribution in [0.1, 0.15) is 106 Å². The van der Waals surface area contributed by atoms with Gasteiger partial charge in [0, 0.05) is 37.3 Å². The molecule has 4 aliphatic rings. The molecule has 5 heteroatoms. The van der Waals surface area contributed by atoms with Crippen molar-refractivity contribution in [3.8, 4) is 0 Å². The molecule has 1 aliphatic heterocycles. The summed E-state index contributed by atoms with van der Waals surface area (Å²) in [5.74, 6) is 3.44. The van der Waals surface area contributed by atoms with Crippen LogP contribution in [-0.2, 0) is 0 Å². The zero-order valence-electron chi connectivity index (χ0n) is 26.3. The fourth-order valence-corrected chi connectivity index (χ4v) is 9.04. The fourth-order valence-electron chi connectivity index (χ4n) is 9.04. The van der Waals surface area contributed by atoms with Crippen LogP contribution in [-0.4, -0.2) is 49.6 Å². The SMILES string of the molecule is C.C=C.C=C/C=C1/CCC2C(CCC3(C)C(C(C)=NCC)CCC23)C1(C)CCC.CNNCCC1CC(O)CN1. The molecular formula is C35H66N4O. The second-order valence-electron chi connectivity index (χ2n) is 12.8. The maximum atomic E-state index is 9.16. The second-order valence-corrected chi connectivity index (χ2v) is 12.8. The highest BCUT2D eigenvalue weighted by molar-refractivity contribution is 5.85. The van der Waals surface area contributed by atoms with Gasteiger partial charge in [-0.15, -0.1) is 13.2 Å². The molecule has 0 aromatic carbocycles. The van der Waals surface area contributed by atoms with E-state index in [1.54, 1.807) is 5.57 Å².